The number of ether oxygens (including phenoxy) is 2. The summed E-state index contributed by atoms with van der Waals surface area (Å²) in [6.07, 6.45) is 1.72. The summed E-state index contributed by atoms with van der Waals surface area (Å²) in [7, 11) is 3.23. The molecule has 21 heavy (non-hydrogen) atoms. The van der Waals surface area contributed by atoms with Crippen molar-refractivity contribution in [2.45, 2.75) is 32.9 Å². The molecule has 0 unspecified atom stereocenters. The summed E-state index contributed by atoms with van der Waals surface area (Å²) in [4.78, 5) is 4.29. The van der Waals surface area contributed by atoms with Gasteiger partial charge in [0.05, 0.1) is 27.0 Å². The van der Waals surface area contributed by atoms with E-state index in [-0.39, 0.29) is 5.54 Å². The van der Waals surface area contributed by atoms with E-state index in [9.17, 15) is 0 Å². The van der Waals surface area contributed by atoms with Crippen LogP contribution in [0.25, 0.3) is 11.3 Å². The van der Waals surface area contributed by atoms with E-state index in [0.29, 0.717) is 29.7 Å². The molecule has 0 atom stereocenters. The van der Waals surface area contributed by atoms with Crippen molar-refractivity contribution in [2.75, 3.05) is 14.2 Å². The Morgan fingerprint density at radius 2 is 1.86 bits per heavy atom. The predicted molar refractivity (Wildman–Crippen MR) is 81.6 cm³/mol. The van der Waals surface area contributed by atoms with Crippen molar-refractivity contribution in [3.63, 3.8) is 0 Å². The molecule has 0 saturated heterocycles. The molecule has 1 heterocycles. The Hall–Kier alpha value is -2.01. The average molecular weight is 290 g/mol. The molecule has 114 valence electrons. The molecule has 1 aromatic heterocycles. The molecule has 0 aliphatic heterocycles. The van der Waals surface area contributed by atoms with Crippen molar-refractivity contribution >= 4 is 0 Å². The average Bonchev–Trinajstić information content (AvgIpc) is 2.92. The van der Waals surface area contributed by atoms with E-state index in [2.05, 4.69) is 31.1 Å². The van der Waals surface area contributed by atoms with Gasteiger partial charge in [-0.05, 0) is 39.0 Å². The lowest BCUT2D eigenvalue weighted by atomic mass is 10.1. The van der Waals surface area contributed by atoms with E-state index in [1.807, 2.05) is 18.2 Å². The first-order chi connectivity index (χ1) is 9.93. The minimum atomic E-state index is 0.0258. The molecule has 0 radical (unpaired) electrons. The first-order valence-corrected chi connectivity index (χ1v) is 6.85. The third-order valence-corrected chi connectivity index (χ3v) is 2.99. The highest BCUT2D eigenvalue weighted by Gasteiger charge is 2.13. The van der Waals surface area contributed by atoms with Crippen molar-refractivity contribution < 1.29 is 13.9 Å². The first-order valence-electron chi connectivity index (χ1n) is 6.85. The molecular weight excluding hydrogens is 268 g/mol. The summed E-state index contributed by atoms with van der Waals surface area (Å²) in [5, 5.41) is 3.34. The van der Waals surface area contributed by atoms with Crippen LogP contribution in [0.5, 0.6) is 11.5 Å². The molecule has 2 rings (SSSR count). The second-order valence-electron chi connectivity index (χ2n) is 5.79. The lowest BCUT2D eigenvalue weighted by molar-refractivity contribution is 0.355. The summed E-state index contributed by atoms with van der Waals surface area (Å²) in [6.45, 7) is 6.90. The topological polar surface area (TPSA) is 56.5 Å². The van der Waals surface area contributed by atoms with Crippen LogP contribution in [0.2, 0.25) is 0 Å². The van der Waals surface area contributed by atoms with Crippen molar-refractivity contribution in [2.24, 2.45) is 0 Å². The number of benzene rings is 1. The smallest absolute Gasteiger partial charge is 0.208 e. The van der Waals surface area contributed by atoms with Crippen LogP contribution in [-0.2, 0) is 6.54 Å². The maximum Gasteiger partial charge on any atom is 0.208 e. The maximum absolute atomic E-state index is 5.77. The number of nitrogens with zero attached hydrogens (tertiary/aromatic N) is 1. The van der Waals surface area contributed by atoms with Gasteiger partial charge in [0.25, 0.3) is 0 Å². The van der Waals surface area contributed by atoms with E-state index in [1.54, 1.807) is 20.4 Å². The number of hydrogen-bond donors (Lipinski definition) is 1. The summed E-state index contributed by atoms with van der Waals surface area (Å²) in [5.41, 5.74) is 0.931. The van der Waals surface area contributed by atoms with Crippen molar-refractivity contribution in [1.82, 2.24) is 10.3 Å². The molecule has 0 saturated carbocycles. The minimum absolute atomic E-state index is 0.0258. The normalized spacial score (nSPS) is 11.5. The zero-order valence-corrected chi connectivity index (χ0v) is 13.2. The van der Waals surface area contributed by atoms with Crippen LogP contribution in [0, 0.1) is 0 Å². The van der Waals surface area contributed by atoms with Gasteiger partial charge < -0.3 is 19.2 Å². The van der Waals surface area contributed by atoms with Gasteiger partial charge in [0.2, 0.25) is 5.89 Å². The monoisotopic (exact) mass is 290 g/mol. The summed E-state index contributed by atoms with van der Waals surface area (Å²) < 4.78 is 16.3. The van der Waals surface area contributed by atoms with Crippen molar-refractivity contribution in [3.8, 4) is 22.8 Å². The summed E-state index contributed by atoms with van der Waals surface area (Å²) in [5.74, 6) is 2.73. The van der Waals surface area contributed by atoms with E-state index < -0.39 is 0 Å². The molecule has 1 aromatic carbocycles. The SMILES string of the molecule is COc1ccc(-c2cnc(CNC(C)(C)C)o2)cc1OC. The highest BCUT2D eigenvalue weighted by molar-refractivity contribution is 5.62. The van der Waals surface area contributed by atoms with Crippen LogP contribution >= 0.6 is 0 Å². The fourth-order valence-corrected chi connectivity index (χ4v) is 1.86. The lowest BCUT2D eigenvalue weighted by Crippen LogP contribution is -2.35. The Balaban J connectivity index is 2.17. The van der Waals surface area contributed by atoms with Crippen LogP contribution in [-0.4, -0.2) is 24.7 Å². The van der Waals surface area contributed by atoms with Gasteiger partial charge in [-0.3, -0.25) is 0 Å². The highest BCUT2D eigenvalue weighted by atomic mass is 16.5. The quantitative estimate of drug-likeness (QED) is 0.916. The summed E-state index contributed by atoms with van der Waals surface area (Å²) in [6, 6.07) is 5.65. The number of hydrogen-bond acceptors (Lipinski definition) is 5. The molecule has 1 N–H and O–H groups in total. The lowest BCUT2D eigenvalue weighted by Gasteiger charge is -2.18. The van der Waals surface area contributed by atoms with Gasteiger partial charge in [-0.1, -0.05) is 0 Å². The fourth-order valence-electron chi connectivity index (χ4n) is 1.86. The predicted octanol–water partition coefficient (Wildman–Crippen LogP) is 3.25. The van der Waals surface area contributed by atoms with E-state index >= 15 is 0 Å². The Kier molecular flexibility index (Phi) is 4.53. The molecule has 0 fully saturated rings. The largest absolute Gasteiger partial charge is 0.493 e. The number of oxazole rings is 1. The standard InChI is InChI=1S/C16H22N2O3/c1-16(2,3)18-10-15-17-9-14(21-15)11-6-7-12(19-4)13(8-11)20-5/h6-9,18H,10H2,1-5H3. The zero-order chi connectivity index (χ0) is 15.5. The molecule has 0 amide bonds. The van der Waals surface area contributed by atoms with Crippen LogP contribution < -0.4 is 14.8 Å². The Morgan fingerprint density at radius 1 is 1.14 bits per heavy atom. The fraction of sp³-hybridized carbons (Fsp3) is 0.438. The zero-order valence-electron chi connectivity index (χ0n) is 13.2. The van der Waals surface area contributed by atoms with Crippen molar-refractivity contribution in [1.29, 1.82) is 0 Å². The Morgan fingerprint density at radius 3 is 2.48 bits per heavy atom. The minimum Gasteiger partial charge on any atom is -0.493 e. The molecule has 0 bridgehead atoms. The number of rotatable bonds is 5. The highest BCUT2D eigenvalue weighted by Crippen LogP contribution is 2.32. The van der Waals surface area contributed by atoms with Gasteiger partial charge >= 0.3 is 0 Å². The Bertz CT molecular complexity index is 600. The maximum atomic E-state index is 5.77. The number of nitrogens with one attached hydrogen (secondary N) is 1. The molecule has 0 spiro atoms. The van der Waals surface area contributed by atoms with Crippen LogP contribution in [0.4, 0.5) is 0 Å². The molecule has 5 heteroatoms. The van der Waals surface area contributed by atoms with E-state index in [0.717, 1.165) is 5.56 Å². The van der Waals surface area contributed by atoms with Crippen LogP contribution in [0.1, 0.15) is 26.7 Å². The second kappa shape index (κ2) is 6.18. The van der Waals surface area contributed by atoms with Crippen LogP contribution in [0.3, 0.4) is 0 Å². The third-order valence-electron chi connectivity index (χ3n) is 2.99. The van der Waals surface area contributed by atoms with Gasteiger partial charge in [-0.15, -0.1) is 0 Å². The first kappa shape index (κ1) is 15.4. The van der Waals surface area contributed by atoms with E-state index in [4.69, 9.17) is 13.9 Å². The van der Waals surface area contributed by atoms with Gasteiger partial charge in [0.1, 0.15) is 0 Å². The van der Waals surface area contributed by atoms with Gasteiger partial charge in [-0.2, -0.15) is 0 Å². The van der Waals surface area contributed by atoms with Crippen molar-refractivity contribution in [3.05, 3.63) is 30.3 Å². The molecule has 0 aliphatic carbocycles. The Labute approximate surface area is 125 Å². The van der Waals surface area contributed by atoms with Gasteiger partial charge in [-0.25, -0.2) is 4.98 Å². The molecule has 5 nitrogen and oxygen atoms in total. The van der Waals surface area contributed by atoms with Gasteiger partial charge in [0, 0.05) is 11.1 Å². The molecule has 2 aromatic rings. The van der Waals surface area contributed by atoms with E-state index in [1.165, 1.54) is 0 Å². The molecule has 0 aliphatic rings. The van der Waals surface area contributed by atoms with Gasteiger partial charge in [0.15, 0.2) is 17.3 Å². The second-order valence-corrected chi connectivity index (χ2v) is 5.79. The van der Waals surface area contributed by atoms with Crippen LogP contribution in [0.15, 0.2) is 28.8 Å². The number of aromatic nitrogens is 1. The molecular formula is C16H22N2O3. The third kappa shape index (κ3) is 3.98. The number of methoxy groups -OCH3 is 2. The summed E-state index contributed by atoms with van der Waals surface area (Å²) >= 11 is 0.